The first-order valence-electron chi connectivity index (χ1n) is 6.22. The molecule has 0 unspecified atom stereocenters. The predicted molar refractivity (Wildman–Crippen MR) is 65.6 cm³/mol. The van der Waals surface area contributed by atoms with E-state index in [1.807, 2.05) is 27.7 Å². The van der Waals surface area contributed by atoms with Gasteiger partial charge < -0.3 is 9.47 Å². The fourth-order valence-electron chi connectivity index (χ4n) is 1.19. The van der Waals surface area contributed by atoms with Crippen LogP contribution in [0.5, 0.6) is 0 Å². The zero-order chi connectivity index (χ0) is 13.3. The maximum atomic E-state index is 11.3. The molecule has 0 aromatic rings. The van der Waals surface area contributed by atoms with Gasteiger partial charge in [0, 0.05) is 12.8 Å². The van der Waals surface area contributed by atoms with Gasteiger partial charge in [0.25, 0.3) is 0 Å². The molecule has 0 bridgehead atoms. The summed E-state index contributed by atoms with van der Waals surface area (Å²) in [5.41, 5.74) is -0.450. The van der Waals surface area contributed by atoms with E-state index in [0.29, 0.717) is 25.9 Å². The second-order valence-corrected chi connectivity index (χ2v) is 5.01. The lowest BCUT2D eigenvalue weighted by Gasteiger charge is -2.19. The SMILES string of the molecule is CCCCC(=O)OCCCC(=O)OC(C)(C)C. The Kier molecular flexibility index (Phi) is 7.59. The first-order chi connectivity index (χ1) is 7.85. The molecule has 0 atom stereocenters. The molecule has 17 heavy (non-hydrogen) atoms. The molecular formula is C13H24O4. The Morgan fingerprint density at radius 2 is 1.59 bits per heavy atom. The van der Waals surface area contributed by atoms with Gasteiger partial charge in [-0.05, 0) is 33.6 Å². The van der Waals surface area contributed by atoms with Gasteiger partial charge in [0.2, 0.25) is 0 Å². The van der Waals surface area contributed by atoms with Crippen molar-refractivity contribution < 1.29 is 19.1 Å². The molecule has 100 valence electrons. The zero-order valence-corrected chi connectivity index (χ0v) is 11.4. The molecular weight excluding hydrogens is 220 g/mol. The minimum atomic E-state index is -0.450. The van der Waals surface area contributed by atoms with Gasteiger partial charge in [-0.25, -0.2) is 0 Å². The van der Waals surface area contributed by atoms with E-state index in [0.717, 1.165) is 12.8 Å². The summed E-state index contributed by atoms with van der Waals surface area (Å²) in [6.45, 7) is 7.80. The summed E-state index contributed by atoms with van der Waals surface area (Å²) in [7, 11) is 0. The van der Waals surface area contributed by atoms with Crippen molar-refractivity contribution in [2.45, 2.75) is 65.4 Å². The lowest BCUT2D eigenvalue weighted by atomic mass is 10.2. The first kappa shape index (κ1) is 15.9. The Bertz CT molecular complexity index is 240. The normalized spacial score (nSPS) is 11.1. The summed E-state index contributed by atoms with van der Waals surface area (Å²) in [6.07, 6.45) is 3.10. The van der Waals surface area contributed by atoms with Gasteiger partial charge in [-0.15, -0.1) is 0 Å². The number of hydrogen-bond donors (Lipinski definition) is 0. The van der Waals surface area contributed by atoms with E-state index in [1.54, 1.807) is 0 Å². The zero-order valence-electron chi connectivity index (χ0n) is 11.4. The van der Waals surface area contributed by atoms with E-state index >= 15 is 0 Å². The van der Waals surface area contributed by atoms with Crippen molar-refractivity contribution in [3.63, 3.8) is 0 Å². The first-order valence-corrected chi connectivity index (χ1v) is 6.22. The summed E-state index contributed by atoms with van der Waals surface area (Å²) in [5.74, 6) is -0.432. The summed E-state index contributed by atoms with van der Waals surface area (Å²) >= 11 is 0. The van der Waals surface area contributed by atoms with E-state index in [1.165, 1.54) is 0 Å². The molecule has 0 radical (unpaired) electrons. The van der Waals surface area contributed by atoms with Crippen molar-refractivity contribution in [1.82, 2.24) is 0 Å². The monoisotopic (exact) mass is 244 g/mol. The third-order valence-corrected chi connectivity index (χ3v) is 1.94. The fraction of sp³-hybridized carbons (Fsp3) is 0.846. The van der Waals surface area contributed by atoms with Crippen LogP contribution in [0.15, 0.2) is 0 Å². The van der Waals surface area contributed by atoms with Crippen LogP contribution >= 0.6 is 0 Å². The lowest BCUT2D eigenvalue weighted by Crippen LogP contribution is -2.24. The van der Waals surface area contributed by atoms with Crippen LogP contribution in [0, 0.1) is 0 Å². The van der Waals surface area contributed by atoms with Gasteiger partial charge in [0.05, 0.1) is 6.61 Å². The van der Waals surface area contributed by atoms with E-state index in [9.17, 15) is 9.59 Å². The van der Waals surface area contributed by atoms with Crippen LogP contribution in [0.3, 0.4) is 0 Å². The van der Waals surface area contributed by atoms with Crippen LogP contribution in [-0.4, -0.2) is 24.1 Å². The average molecular weight is 244 g/mol. The number of ether oxygens (including phenoxy) is 2. The highest BCUT2D eigenvalue weighted by molar-refractivity contribution is 5.70. The highest BCUT2D eigenvalue weighted by atomic mass is 16.6. The maximum Gasteiger partial charge on any atom is 0.306 e. The van der Waals surface area contributed by atoms with Crippen molar-refractivity contribution in [2.24, 2.45) is 0 Å². The van der Waals surface area contributed by atoms with E-state index in [2.05, 4.69) is 0 Å². The van der Waals surface area contributed by atoms with Crippen molar-refractivity contribution >= 4 is 11.9 Å². The average Bonchev–Trinajstić information content (AvgIpc) is 2.19. The Hall–Kier alpha value is -1.06. The predicted octanol–water partition coefficient (Wildman–Crippen LogP) is 2.84. The Morgan fingerprint density at radius 3 is 2.12 bits per heavy atom. The topological polar surface area (TPSA) is 52.6 Å². The van der Waals surface area contributed by atoms with Gasteiger partial charge in [0.1, 0.15) is 5.60 Å². The van der Waals surface area contributed by atoms with Crippen molar-refractivity contribution in [2.75, 3.05) is 6.61 Å². The second-order valence-electron chi connectivity index (χ2n) is 5.01. The molecule has 0 aromatic heterocycles. The van der Waals surface area contributed by atoms with Gasteiger partial charge in [-0.1, -0.05) is 13.3 Å². The quantitative estimate of drug-likeness (QED) is 0.510. The number of hydrogen-bond acceptors (Lipinski definition) is 4. The van der Waals surface area contributed by atoms with E-state index < -0.39 is 5.60 Å². The third kappa shape index (κ3) is 11.2. The molecule has 0 fully saturated rings. The van der Waals surface area contributed by atoms with E-state index in [-0.39, 0.29) is 11.9 Å². The Morgan fingerprint density at radius 1 is 1.00 bits per heavy atom. The number of rotatable bonds is 7. The summed E-state index contributed by atoms with van der Waals surface area (Å²) < 4.78 is 10.1. The van der Waals surface area contributed by atoms with Crippen LogP contribution in [-0.2, 0) is 19.1 Å². The number of unbranched alkanes of at least 4 members (excludes halogenated alkanes) is 1. The van der Waals surface area contributed by atoms with Crippen LogP contribution in [0.1, 0.15) is 59.8 Å². The van der Waals surface area contributed by atoms with Gasteiger partial charge >= 0.3 is 11.9 Å². The smallest absolute Gasteiger partial charge is 0.306 e. The molecule has 0 aliphatic carbocycles. The molecule has 0 N–H and O–H groups in total. The van der Waals surface area contributed by atoms with Crippen LogP contribution in [0.25, 0.3) is 0 Å². The minimum Gasteiger partial charge on any atom is -0.466 e. The highest BCUT2D eigenvalue weighted by Gasteiger charge is 2.15. The van der Waals surface area contributed by atoms with E-state index in [4.69, 9.17) is 9.47 Å². The van der Waals surface area contributed by atoms with Crippen LogP contribution < -0.4 is 0 Å². The van der Waals surface area contributed by atoms with Gasteiger partial charge in [0.15, 0.2) is 0 Å². The molecule has 0 aliphatic rings. The molecule has 0 aliphatic heterocycles. The lowest BCUT2D eigenvalue weighted by molar-refractivity contribution is -0.156. The van der Waals surface area contributed by atoms with Crippen molar-refractivity contribution in [3.8, 4) is 0 Å². The molecule has 0 saturated heterocycles. The largest absolute Gasteiger partial charge is 0.466 e. The Labute approximate surface area is 104 Å². The molecule has 0 spiro atoms. The molecule has 0 heterocycles. The van der Waals surface area contributed by atoms with Crippen LogP contribution in [0.2, 0.25) is 0 Å². The Balaban J connectivity index is 3.51. The molecule has 0 aromatic carbocycles. The van der Waals surface area contributed by atoms with Gasteiger partial charge in [-0.2, -0.15) is 0 Å². The summed E-state index contributed by atoms with van der Waals surface area (Å²) in [6, 6.07) is 0. The molecule has 0 rings (SSSR count). The fourth-order valence-corrected chi connectivity index (χ4v) is 1.19. The molecule has 4 heteroatoms. The number of carbonyl (C=O) groups is 2. The van der Waals surface area contributed by atoms with Crippen LogP contribution in [0.4, 0.5) is 0 Å². The number of carbonyl (C=O) groups excluding carboxylic acids is 2. The summed E-state index contributed by atoms with van der Waals surface area (Å²) in [4.78, 5) is 22.4. The van der Waals surface area contributed by atoms with Crippen molar-refractivity contribution in [3.05, 3.63) is 0 Å². The molecule has 0 amide bonds. The molecule has 4 nitrogen and oxygen atoms in total. The standard InChI is InChI=1S/C13H24O4/c1-5-6-8-11(14)16-10-7-9-12(15)17-13(2,3)4/h5-10H2,1-4H3. The summed E-state index contributed by atoms with van der Waals surface area (Å²) in [5, 5.41) is 0. The maximum absolute atomic E-state index is 11.3. The third-order valence-electron chi connectivity index (χ3n) is 1.94. The second kappa shape index (κ2) is 8.09. The van der Waals surface area contributed by atoms with Gasteiger partial charge in [-0.3, -0.25) is 9.59 Å². The number of esters is 2. The molecule has 0 saturated carbocycles. The minimum absolute atomic E-state index is 0.184. The highest BCUT2D eigenvalue weighted by Crippen LogP contribution is 2.09. The van der Waals surface area contributed by atoms with Crippen molar-refractivity contribution in [1.29, 1.82) is 0 Å².